The molecule has 142 valence electrons. The van der Waals surface area contributed by atoms with Crippen LogP contribution in [0.1, 0.15) is 122 Å². The molecule has 0 aromatic carbocycles. The van der Waals surface area contributed by atoms with Gasteiger partial charge < -0.3 is 5.11 Å². The van der Waals surface area contributed by atoms with Crippen LogP contribution in [0.25, 0.3) is 0 Å². The van der Waals surface area contributed by atoms with Gasteiger partial charge >= 0.3 is 0 Å². The van der Waals surface area contributed by atoms with E-state index in [2.05, 4.69) is 6.92 Å². The molecule has 1 heteroatoms. The van der Waals surface area contributed by atoms with E-state index in [-0.39, 0.29) is 6.10 Å². The summed E-state index contributed by atoms with van der Waals surface area (Å²) in [5.74, 6) is 2.79. The molecular weight excluding hydrogens is 292 g/mol. The zero-order valence-electron chi connectivity index (χ0n) is 16.5. The Morgan fingerprint density at radius 3 is 1.83 bits per heavy atom. The fourth-order valence-corrected chi connectivity index (χ4v) is 4.89. The van der Waals surface area contributed by atoms with Crippen molar-refractivity contribution in [2.75, 3.05) is 0 Å². The average Bonchev–Trinajstić information content (AvgIpc) is 3.35. The van der Waals surface area contributed by atoms with E-state index in [1.807, 2.05) is 0 Å². The largest absolute Gasteiger partial charge is 0.393 e. The molecule has 0 aromatic rings. The summed E-state index contributed by atoms with van der Waals surface area (Å²) >= 11 is 0. The molecule has 0 bridgehead atoms. The Morgan fingerprint density at radius 2 is 1.25 bits per heavy atom. The lowest BCUT2D eigenvalue weighted by molar-refractivity contribution is 0.138. The molecule has 24 heavy (non-hydrogen) atoms. The van der Waals surface area contributed by atoms with Crippen molar-refractivity contribution < 1.29 is 5.11 Å². The Kier molecular flexibility index (Phi) is 10.4. The first-order valence-corrected chi connectivity index (χ1v) is 11.5. The molecule has 2 rings (SSSR count). The van der Waals surface area contributed by atoms with Crippen LogP contribution in [-0.2, 0) is 0 Å². The van der Waals surface area contributed by atoms with E-state index in [4.69, 9.17) is 0 Å². The standard InChI is InChI=1S/C23H44O/c1-2-3-4-5-6-9-13-20-15-12-16-21(20)14-10-7-8-11-17-23(24)22-18-19-22/h20-24H,2-19H2,1H3/t20-,21-,23?/m0/s1. The van der Waals surface area contributed by atoms with Crippen molar-refractivity contribution in [2.24, 2.45) is 17.8 Å². The van der Waals surface area contributed by atoms with Crippen LogP contribution in [-0.4, -0.2) is 11.2 Å². The molecule has 2 aliphatic rings. The molecule has 3 atom stereocenters. The lowest BCUT2D eigenvalue weighted by atomic mass is 9.86. The minimum atomic E-state index is 0.0292. The second-order valence-corrected chi connectivity index (χ2v) is 8.90. The fourth-order valence-electron chi connectivity index (χ4n) is 4.89. The van der Waals surface area contributed by atoms with Crippen LogP contribution in [0.4, 0.5) is 0 Å². The first-order chi connectivity index (χ1) is 11.8. The third-order valence-corrected chi connectivity index (χ3v) is 6.74. The molecule has 0 amide bonds. The summed E-state index contributed by atoms with van der Waals surface area (Å²) in [6.07, 6.45) is 25.3. The van der Waals surface area contributed by atoms with Crippen LogP contribution in [0, 0.1) is 17.8 Å². The number of unbranched alkanes of at least 4 members (excludes halogenated alkanes) is 8. The Hall–Kier alpha value is -0.0400. The molecule has 1 unspecified atom stereocenters. The van der Waals surface area contributed by atoms with Crippen molar-refractivity contribution in [3.05, 3.63) is 0 Å². The summed E-state index contributed by atoms with van der Waals surface area (Å²) in [5.41, 5.74) is 0. The fraction of sp³-hybridized carbons (Fsp3) is 1.00. The lowest BCUT2D eigenvalue weighted by Crippen LogP contribution is -2.09. The zero-order chi connectivity index (χ0) is 17.0. The summed E-state index contributed by atoms with van der Waals surface area (Å²) in [4.78, 5) is 0. The second kappa shape index (κ2) is 12.3. The highest BCUT2D eigenvalue weighted by Crippen LogP contribution is 2.39. The summed E-state index contributed by atoms with van der Waals surface area (Å²) in [6, 6.07) is 0. The first kappa shape index (κ1) is 20.3. The average molecular weight is 337 g/mol. The predicted octanol–water partition coefficient (Wildman–Crippen LogP) is 7.26. The minimum absolute atomic E-state index is 0.0292. The van der Waals surface area contributed by atoms with Gasteiger partial charge in [0.1, 0.15) is 0 Å². The maximum absolute atomic E-state index is 9.90. The normalized spacial score (nSPS) is 25.2. The van der Waals surface area contributed by atoms with Gasteiger partial charge in [-0.15, -0.1) is 0 Å². The van der Waals surface area contributed by atoms with Crippen molar-refractivity contribution >= 4 is 0 Å². The maximum Gasteiger partial charge on any atom is 0.0568 e. The first-order valence-electron chi connectivity index (χ1n) is 11.5. The summed E-state index contributed by atoms with van der Waals surface area (Å²) in [6.45, 7) is 2.30. The Balaban J connectivity index is 1.42. The van der Waals surface area contributed by atoms with E-state index in [1.165, 1.54) is 109 Å². The van der Waals surface area contributed by atoms with Gasteiger partial charge in [-0.3, -0.25) is 0 Å². The molecular formula is C23H44O. The van der Waals surface area contributed by atoms with Crippen molar-refractivity contribution in [2.45, 2.75) is 129 Å². The Morgan fingerprint density at radius 1 is 0.708 bits per heavy atom. The molecule has 0 spiro atoms. The van der Waals surface area contributed by atoms with Crippen LogP contribution in [0.15, 0.2) is 0 Å². The van der Waals surface area contributed by atoms with Gasteiger partial charge in [-0.25, -0.2) is 0 Å². The molecule has 0 aromatic heterocycles. The molecule has 0 aliphatic heterocycles. The van der Waals surface area contributed by atoms with Gasteiger partial charge in [0, 0.05) is 0 Å². The zero-order valence-corrected chi connectivity index (χ0v) is 16.5. The number of aliphatic hydroxyl groups excluding tert-OH is 1. The number of hydrogen-bond acceptors (Lipinski definition) is 1. The second-order valence-electron chi connectivity index (χ2n) is 8.90. The summed E-state index contributed by atoms with van der Waals surface area (Å²) in [7, 11) is 0. The van der Waals surface area contributed by atoms with E-state index >= 15 is 0 Å². The molecule has 0 saturated heterocycles. The van der Waals surface area contributed by atoms with E-state index in [1.54, 1.807) is 0 Å². The number of hydrogen-bond donors (Lipinski definition) is 1. The number of aliphatic hydroxyl groups is 1. The van der Waals surface area contributed by atoms with Crippen molar-refractivity contribution in [3.63, 3.8) is 0 Å². The van der Waals surface area contributed by atoms with Crippen LogP contribution in [0.2, 0.25) is 0 Å². The van der Waals surface area contributed by atoms with Gasteiger partial charge in [-0.1, -0.05) is 103 Å². The molecule has 1 N–H and O–H groups in total. The smallest absolute Gasteiger partial charge is 0.0568 e. The van der Waals surface area contributed by atoms with Crippen LogP contribution >= 0.6 is 0 Å². The molecule has 0 heterocycles. The molecule has 2 aliphatic carbocycles. The van der Waals surface area contributed by atoms with Crippen LogP contribution in [0.5, 0.6) is 0 Å². The summed E-state index contributed by atoms with van der Waals surface area (Å²) in [5, 5.41) is 9.90. The van der Waals surface area contributed by atoms with E-state index in [0.29, 0.717) is 5.92 Å². The van der Waals surface area contributed by atoms with Crippen LogP contribution < -0.4 is 0 Å². The Bertz CT molecular complexity index is 296. The molecule has 2 saturated carbocycles. The molecule has 1 nitrogen and oxygen atoms in total. The SMILES string of the molecule is CCCCCCCC[C@H]1CCC[C@@H]1CCCCCCC(O)C1CC1. The Labute approximate surface area is 152 Å². The van der Waals surface area contributed by atoms with Gasteiger partial charge in [0.05, 0.1) is 6.10 Å². The van der Waals surface area contributed by atoms with E-state index in [9.17, 15) is 5.11 Å². The third-order valence-electron chi connectivity index (χ3n) is 6.74. The minimum Gasteiger partial charge on any atom is -0.393 e. The summed E-state index contributed by atoms with van der Waals surface area (Å²) < 4.78 is 0. The topological polar surface area (TPSA) is 20.2 Å². The predicted molar refractivity (Wildman–Crippen MR) is 105 cm³/mol. The highest BCUT2D eigenvalue weighted by molar-refractivity contribution is 4.80. The monoisotopic (exact) mass is 336 g/mol. The third kappa shape index (κ3) is 8.37. The van der Waals surface area contributed by atoms with E-state index < -0.39 is 0 Å². The van der Waals surface area contributed by atoms with Crippen LogP contribution in [0.3, 0.4) is 0 Å². The van der Waals surface area contributed by atoms with Gasteiger partial charge in [-0.2, -0.15) is 0 Å². The van der Waals surface area contributed by atoms with Gasteiger partial charge in [-0.05, 0) is 37.0 Å². The van der Waals surface area contributed by atoms with Gasteiger partial charge in [0.15, 0.2) is 0 Å². The molecule has 0 radical (unpaired) electrons. The van der Waals surface area contributed by atoms with Crippen molar-refractivity contribution in [1.29, 1.82) is 0 Å². The highest BCUT2D eigenvalue weighted by atomic mass is 16.3. The van der Waals surface area contributed by atoms with Crippen molar-refractivity contribution in [3.8, 4) is 0 Å². The number of rotatable bonds is 15. The van der Waals surface area contributed by atoms with Gasteiger partial charge in [0.25, 0.3) is 0 Å². The molecule has 2 fully saturated rings. The van der Waals surface area contributed by atoms with E-state index in [0.717, 1.165) is 18.3 Å². The van der Waals surface area contributed by atoms with Gasteiger partial charge in [0.2, 0.25) is 0 Å². The quantitative estimate of drug-likeness (QED) is 0.312. The lowest BCUT2D eigenvalue weighted by Gasteiger charge is -2.19. The highest BCUT2D eigenvalue weighted by Gasteiger charge is 2.29. The van der Waals surface area contributed by atoms with Crippen molar-refractivity contribution in [1.82, 2.24) is 0 Å². The maximum atomic E-state index is 9.90.